The van der Waals surface area contributed by atoms with Crippen LogP contribution in [0.2, 0.25) is 0 Å². The van der Waals surface area contributed by atoms with E-state index < -0.39 is 29.8 Å². The van der Waals surface area contributed by atoms with Gasteiger partial charge in [-0.1, -0.05) is 32.4 Å². The Morgan fingerprint density at radius 2 is 0.881 bits per heavy atom. The summed E-state index contributed by atoms with van der Waals surface area (Å²) in [6.45, 7) is 21.3. The maximum absolute atomic E-state index is 12.9. The van der Waals surface area contributed by atoms with Crippen LogP contribution in [0.15, 0.2) is 90.6 Å². The average Bonchev–Trinajstić information content (AvgIpc) is 2.90. The van der Waals surface area contributed by atoms with Gasteiger partial charge in [0.05, 0.1) is 0 Å². The molecule has 42 heavy (non-hydrogen) atoms. The fraction of sp³-hybridized carbons (Fsp3) is 0.156. The smallest absolute Gasteiger partial charge is 0.339 e. The summed E-state index contributed by atoms with van der Waals surface area (Å²) in [7, 11) is 0. The van der Waals surface area contributed by atoms with Gasteiger partial charge in [-0.15, -0.1) is 0 Å². The highest BCUT2D eigenvalue weighted by Gasteiger charge is 2.19. The largest absolute Gasteiger partial charge is 0.423 e. The lowest BCUT2D eigenvalue weighted by Crippen LogP contribution is -2.14. The number of benzene rings is 2. The van der Waals surface area contributed by atoms with Gasteiger partial charge in [0.1, 0.15) is 5.75 Å². The van der Waals surface area contributed by atoms with Crippen LogP contribution in [0.25, 0.3) is 6.08 Å². The molecule has 0 amide bonds. The Morgan fingerprint density at radius 1 is 0.500 bits per heavy atom. The number of esters is 5. The van der Waals surface area contributed by atoms with E-state index in [9.17, 15) is 24.0 Å². The van der Waals surface area contributed by atoms with Crippen LogP contribution in [0.5, 0.6) is 28.7 Å². The van der Waals surface area contributed by atoms with Crippen molar-refractivity contribution in [3.63, 3.8) is 0 Å². The van der Waals surface area contributed by atoms with Crippen molar-refractivity contribution in [3.8, 4) is 28.7 Å². The number of hydrogen-bond acceptors (Lipinski definition) is 10. The minimum Gasteiger partial charge on any atom is -0.423 e. The van der Waals surface area contributed by atoms with Crippen molar-refractivity contribution in [3.05, 3.63) is 96.1 Å². The first-order chi connectivity index (χ1) is 19.6. The summed E-state index contributed by atoms with van der Waals surface area (Å²) in [5, 5.41) is 0. The number of carbonyl (C=O) groups excluding carboxylic acids is 5. The van der Waals surface area contributed by atoms with Crippen LogP contribution >= 0.6 is 0 Å². The molecule has 0 heterocycles. The molecule has 2 rings (SSSR count). The van der Waals surface area contributed by atoms with Gasteiger partial charge in [0, 0.05) is 33.9 Å². The van der Waals surface area contributed by atoms with Crippen LogP contribution in [-0.4, -0.2) is 29.8 Å². The normalized spacial score (nSPS) is 10.5. The molecule has 10 nitrogen and oxygen atoms in total. The molecule has 0 fully saturated rings. The van der Waals surface area contributed by atoms with Crippen molar-refractivity contribution in [2.45, 2.75) is 34.6 Å². The van der Waals surface area contributed by atoms with Crippen molar-refractivity contribution in [1.82, 2.24) is 0 Å². The standard InChI is InChI=1S/C32H30O10/c1-17(2)28(33)39-24-12-10-22(15-26(24)41-30(35)19(5)6)14-21(9)32(37)38-23-11-13-25(40-29(34)18(3)4)27(16-23)42-31(36)20(7)8/h10-16H,1,3,5,7H2,2,4,6,8-9H3/b21-14+. The van der Waals surface area contributed by atoms with E-state index in [0.717, 1.165) is 0 Å². The van der Waals surface area contributed by atoms with Crippen molar-refractivity contribution in [2.24, 2.45) is 0 Å². The van der Waals surface area contributed by atoms with Gasteiger partial charge in [-0.05, 0) is 70.5 Å². The van der Waals surface area contributed by atoms with Crippen LogP contribution < -0.4 is 23.7 Å². The summed E-state index contributed by atoms with van der Waals surface area (Å²) in [6.07, 6.45) is 1.44. The van der Waals surface area contributed by atoms with E-state index in [1.807, 2.05) is 0 Å². The number of ether oxygens (including phenoxy) is 5. The molecule has 2 aromatic carbocycles. The van der Waals surface area contributed by atoms with Gasteiger partial charge in [0.15, 0.2) is 23.0 Å². The summed E-state index contributed by atoms with van der Waals surface area (Å²) in [4.78, 5) is 61.1. The van der Waals surface area contributed by atoms with E-state index in [-0.39, 0.29) is 56.6 Å². The molecule has 0 aliphatic carbocycles. The minimum absolute atomic E-state index is 0.0227. The lowest BCUT2D eigenvalue weighted by molar-refractivity contribution is -0.132. The summed E-state index contributed by atoms with van der Waals surface area (Å²) < 4.78 is 26.4. The monoisotopic (exact) mass is 574 g/mol. The zero-order valence-corrected chi connectivity index (χ0v) is 24.0. The highest BCUT2D eigenvalue weighted by Crippen LogP contribution is 2.34. The quantitative estimate of drug-likeness (QED) is 0.189. The summed E-state index contributed by atoms with van der Waals surface area (Å²) in [5.74, 6) is -4.23. The van der Waals surface area contributed by atoms with Crippen molar-refractivity contribution < 1.29 is 47.7 Å². The average molecular weight is 575 g/mol. The molecule has 0 bridgehead atoms. The molecule has 0 saturated carbocycles. The Kier molecular flexibility index (Phi) is 11.1. The Labute approximate surface area is 243 Å². The van der Waals surface area contributed by atoms with Gasteiger partial charge in [-0.2, -0.15) is 0 Å². The maximum atomic E-state index is 12.9. The van der Waals surface area contributed by atoms with Gasteiger partial charge >= 0.3 is 29.8 Å². The van der Waals surface area contributed by atoms with Gasteiger partial charge in [0.2, 0.25) is 0 Å². The van der Waals surface area contributed by atoms with Crippen LogP contribution in [0.4, 0.5) is 0 Å². The van der Waals surface area contributed by atoms with Crippen molar-refractivity contribution in [1.29, 1.82) is 0 Å². The second kappa shape index (κ2) is 14.2. The molecular formula is C32H30O10. The molecule has 0 radical (unpaired) electrons. The summed E-state index contributed by atoms with van der Waals surface area (Å²) in [6, 6.07) is 8.13. The maximum Gasteiger partial charge on any atom is 0.339 e. The fourth-order valence-corrected chi connectivity index (χ4v) is 2.74. The van der Waals surface area contributed by atoms with Crippen LogP contribution in [-0.2, 0) is 24.0 Å². The fourth-order valence-electron chi connectivity index (χ4n) is 2.74. The molecule has 0 aliphatic rings. The molecule has 0 N–H and O–H groups in total. The van der Waals surface area contributed by atoms with E-state index in [2.05, 4.69) is 26.3 Å². The van der Waals surface area contributed by atoms with Crippen LogP contribution in [0, 0.1) is 0 Å². The second-order valence-electron chi connectivity index (χ2n) is 9.21. The van der Waals surface area contributed by atoms with E-state index in [0.29, 0.717) is 5.56 Å². The van der Waals surface area contributed by atoms with Crippen LogP contribution in [0.1, 0.15) is 40.2 Å². The first-order valence-electron chi connectivity index (χ1n) is 12.3. The molecule has 10 heteroatoms. The van der Waals surface area contributed by atoms with Crippen molar-refractivity contribution >= 4 is 35.9 Å². The lowest BCUT2D eigenvalue weighted by atomic mass is 10.1. The molecule has 0 spiro atoms. The molecule has 0 aromatic heterocycles. The minimum atomic E-state index is -0.789. The molecule has 218 valence electrons. The molecule has 0 aliphatic heterocycles. The first kappa shape index (κ1) is 32.7. The second-order valence-corrected chi connectivity index (χ2v) is 9.21. The Balaban J connectivity index is 2.37. The molecular weight excluding hydrogens is 544 g/mol. The van der Waals surface area contributed by atoms with Gasteiger partial charge < -0.3 is 23.7 Å². The number of rotatable bonds is 11. The summed E-state index contributed by atoms with van der Waals surface area (Å²) in [5.41, 5.74) is 0.973. The van der Waals surface area contributed by atoms with Crippen LogP contribution in [0.3, 0.4) is 0 Å². The van der Waals surface area contributed by atoms with Gasteiger partial charge in [0.25, 0.3) is 0 Å². The first-order valence-corrected chi connectivity index (χ1v) is 12.3. The molecule has 0 unspecified atom stereocenters. The van der Waals surface area contributed by atoms with Gasteiger partial charge in [-0.25, -0.2) is 24.0 Å². The van der Waals surface area contributed by atoms with E-state index >= 15 is 0 Å². The third-order valence-corrected chi connectivity index (χ3v) is 5.00. The van der Waals surface area contributed by atoms with E-state index in [1.165, 1.54) is 77.1 Å². The topological polar surface area (TPSA) is 132 Å². The van der Waals surface area contributed by atoms with E-state index in [4.69, 9.17) is 23.7 Å². The van der Waals surface area contributed by atoms with E-state index in [1.54, 1.807) is 0 Å². The molecule has 0 saturated heterocycles. The Hall–Kier alpha value is -5.51. The zero-order valence-electron chi connectivity index (χ0n) is 24.0. The number of carbonyl (C=O) groups is 5. The summed E-state index contributed by atoms with van der Waals surface area (Å²) >= 11 is 0. The van der Waals surface area contributed by atoms with Crippen molar-refractivity contribution in [2.75, 3.05) is 0 Å². The SMILES string of the molecule is C=C(C)C(=O)Oc1ccc(/C=C(\C)C(=O)Oc2ccc(OC(=O)C(=C)C)c(OC(=O)C(=C)C)c2)cc1OC(=O)C(=C)C. The third kappa shape index (κ3) is 9.30. The predicted molar refractivity (Wildman–Crippen MR) is 154 cm³/mol. The molecule has 2 aromatic rings. The lowest BCUT2D eigenvalue weighted by Gasteiger charge is -2.13. The highest BCUT2D eigenvalue weighted by molar-refractivity contribution is 5.95. The predicted octanol–water partition coefficient (Wildman–Crippen LogP) is 5.62. The Bertz CT molecular complexity index is 1550. The third-order valence-electron chi connectivity index (χ3n) is 5.00. The van der Waals surface area contributed by atoms with Gasteiger partial charge in [-0.3, -0.25) is 0 Å². The Morgan fingerprint density at radius 3 is 1.31 bits per heavy atom. The molecule has 0 atom stereocenters. The highest BCUT2D eigenvalue weighted by atomic mass is 16.6. The number of hydrogen-bond donors (Lipinski definition) is 0. The zero-order chi connectivity index (χ0) is 31.7.